The zero-order valence-corrected chi connectivity index (χ0v) is 17.1. The molecule has 0 atom stereocenters. The SMILES string of the molecule is COCCc1ncc(CN2CCC(c3cc(=O)[nH]c(N4CCCC4)n3)CC2)cn1. The van der Waals surface area contributed by atoms with Crippen LogP contribution >= 0.6 is 0 Å². The number of aromatic nitrogens is 4. The number of aromatic amines is 1. The van der Waals surface area contributed by atoms with Crippen LogP contribution in [-0.4, -0.2) is 64.7 Å². The molecule has 2 aliphatic heterocycles. The summed E-state index contributed by atoms with van der Waals surface area (Å²) in [5.74, 6) is 1.92. The van der Waals surface area contributed by atoms with Gasteiger partial charge in [0, 0.05) is 63.1 Å². The van der Waals surface area contributed by atoms with E-state index in [-0.39, 0.29) is 5.56 Å². The quantitative estimate of drug-likeness (QED) is 0.760. The molecular weight excluding hydrogens is 368 g/mol. The summed E-state index contributed by atoms with van der Waals surface area (Å²) in [6.07, 6.45) is 8.96. The first-order chi connectivity index (χ1) is 14.2. The summed E-state index contributed by atoms with van der Waals surface area (Å²) in [6, 6.07) is 1.69. The molecule has 2 saturated heterocycles. The molecular formula is C21H30N6O2. The lowest BCUT2D eigenvalue weighted by atomic mass is 9.93. The van der Waals surface area contributed by atoms with Crippen molar-refractivity contribution in [2.45, 2.75) is 44.6 Å². The minimum Gasteiger partial charge on any atom is -0.384 e. The van der Waals surface area contributed by atoms with E-state index in [2.05, 4.69) is 24.8 Å². The summed E-state index contributed by atoms with van der Waals surface area (Å²) in [5.41, 5.74) is 2.04. The molecule has 156 valence electrons. The summed E-state index contributed by atoms with van der Waals surface area (Å²) < 4.78 is 5.07. The Balaban J connectivity index is 1.33. The molecule has 0 spiro atoms. The van der Waals surface area contributed by atoms with Crippen LogP contribution in [0.25, 0.3) is 0 Å². The van der Waals surface area contributed by atoms with Crippen molar-refractivity contribution in [3.8, 4) is 0 Å². The highest BCUT2D eigenvalue weighted by Gasteiger charge is 2.24. The van der Waals surface area contributed by atoms with Gasteiger partial charge in [0.05, 0.1) is 12.3 Å². The molecule has 8 heteroatoms. The van der Waals surface area contributed by atoms with Crippen molar-refractivity contribution in [1.29, 1.82) is 0 Å². The van der Waals surface area contributed by atoms with Crippen molar-refractivity contribution in [2.24, 2.45) is 0 Å². The number of rotatable bonds is 7. The van der Waals surface area contributed by atoms with Crippen LogP contribution in [0.1, 0.15) is 48.7 Å². The first kappa shape index (κ1) is 20.0. The van der Waals surface area contributed by atoms with Crippen molar-refractivity contribution < 1.29 is 4.74 Å². The first-order valence-electron chi connectivity index (χ1n) is 10.6. The highest BCUT2D eigenvalue weighted by atomic mass is 16.5. The van der Waals surface area contributed by atoms with Crippen LogP contribution < -0.4 is 10.5 Å². The highest BCUT2D eigenvalue weighted by molar-refractivity contribution is 5.32. The van der Waals surface area contributed by atoms with Gasteiger partial charge in [-0.25, -0.2) is 15.0 Å². The second-order valence-corrected chi connectivity index (χ2v) is 7.99. The minimum absolute atomic E-state index is 0.0370. The number of anilines is 1. The second-order valence-electron chi connectivity index (χ2n) is 7.99. The molecule has 1 N–H and O–H groups in total. The fourth-order valence-corrected chi connectivity index (χ4v) is 4.18. The smallest absolute Gasteiger partial charge is 0.252 e. The molecule has 0 aromatic carbocycles. The van der Waals surface area contributed by atoms with Gasteiger partial charge in [0.2, 0.25) is 5.95 Å². The average Bonchev–Trinajstić information content (AvgIpc) is 3.28. The summed E-state index contributed by atoms with van der Waals surface area (Å²) >= 11 is 0. The largest absolute Gasteiger partial charge is 0.384 e. The Hall–Kier alpha value is -2.32. The topological polar surface area (TPSA) is 87.2 Å². The summed E-state index contributed by atoms with van der Waals surface area (Å²) in [5, 5.41) is 0. The van der Waals surface area contributed by atoms with Crippen LogP contribution in [0.5, 0.6) is 0 Å². The van der Waals surface area contributed by atoms with Crippen molar-refractivity contribution in [1.82, 2.24) is 24.8 Å². The van der Waals surface area contributed by atoms with E-state index in [0.717, 1.165) is 75.0 Å². The molecule has 0 amide bonds. The van der Waals surface area contributed by atoms with Crippen molar-refractivity contribution in [3.05, 3.63) is 45.9 Å². The van der Waals surface area contributed by atoms with Gasteiger partial charge >= 0.3 is 0 Å². The molecule has 0 unspecified atom stereocenters. The highest BCUT2D eigenvalue weighted by Crippen LogP contribution is 2.28. The Morgan fingerprint density at radius 3 is 2.55 bits per heavy atom. The third-order valence-corrected chi connectivity index (χ3v) is 5.86. The van der Waals surface area contributed by atoms with E-state index in [9.17, 15) is 4.79 Å². The predicted molar refractivity (Wildman–Crippen MR) is 111 cm³/mol. The monoisotopic (exact) mass is 398 g/mol. The van der Waals surface area contributed by atoms with Gasteiger partial charge < -0.3 is 9.64 Å². The molecule has 29 heavy (non-hydrogen) atoms. The number of likely N-dealkylation sites (tertiary alicyclic amines) is 1. The van der Waals surface area contributed by atoms with E-state index >= 15 is 0 Å². The summed E-state index contributed by atoms with van der Waals surface area (Å²) in [4.78, 5) is 33.4. The Bertz CT molecular complexity index is 839. The second kappa shape index (κ2) is 9.45. The zero-order chi connectivity index (χ0) is 20.1. The van der Waals surface area contributed by atoms with E-state index in [4.69, 9.17) is 9.72 Å². The van der Waals surface area contributed by atoms with Crippen LogP contribution in [-0.2, 0) is 17.7 Å². The predicted octanol–water partition coefficient (Wildman–Crippen LogP) is 1.73. The number of H-pyrrole nitrogens is 1. The van der Waals surface area contributed by atoms with Crippen LogP contribution in [0, 0.1) is 0 Å². The normalized spacial score (nSPS) is 18.4. The third kappa shape index (κ3) is 5.19. The van der Waals surface area contributed by atoms with Gasteiger partial charge in [0.1, 0.15) is 5.82 Å². The molecule has 2 aromatic heterocycles. The Kier molecular flexibility index (Phi) is 6.51. The fraction of sp³-hybridized carbons (Fsp3) is 0.619. The molecule has 0 saturated carbocycles. The third-order valence-electron chi connectivity index (χ3n) is 5.86. The maximum atomic E-state index is 12.2. The molecule has 8 nitrogen and oxygen atoms in total. The molecule has 2 fully saturated rings. The maximum absolute atomic E-state index is 12.2. The van der Waals surface area contributed by atoms with Crippen LogP contribution in [0.15, 0.2) is 23.3 Å². The van der Waals surface area contributed by atoms with Crippen molar-refractivity contribution in [2.75, 3.05) is 44.8 Å². The minimum atomic E-state index is -0.0370. The number of nitrogens with one attached hydrogen (secondary N) is 1. The molecule has 0 bridgehead atoms. The Morgan fingerprint density at radius 2 is 1.86 bits per heavy atom. The number of methoxy groups -OCH3 is 1. The Labute approximate surface area is 171 Å². The summed E-state index contributed by atoms with van der Waals surface area (Å²) in [7, 11) is 1.69. The van der Waals surface area contributed by atoms with Crippen molar-refractivity contribution >= 4 is 5.95 Å². The van der Waals surface area contributed by atoms with Gasteiger partial charge in [-0.2, -0.15) is 0 Å². The number of hydrogen-bond donors (Lipinski definition) is 1. The average molecular weight is 399 g/mol. The molecule has 0 radical (unpaired) electrons. The standard InChI is InChI=1S/C21H30N6O2/c1-29-11-6-19-22-13-16(14-23-19)15-26-9-4-17(5-10-26)18-12-20(28)25-21(24-18)27-7-2-3-8-27/h12-14,17H,2-11,15H2,1H3,(H,24,25,28). The molecule has 4 heterocycles. The van der Waals surface area contributed by atoms with Crippen LogP contribution in [0.4, 0.5) is 5.95 Å². The van der Waals surface area contributed by atoms with Gasteiger partial charge in [-0.15, -0.1) is 0 Å². The van der Waals surface area contributed by atoms with E-state index in [1.165, 1.54) is 12.8 Å². The van der Waals surface area contributed by atoms with Gasteiger partial charge in [-0.3, -0.25) is 14.7 Å². The fourth-order valence-electron chi connectivity index (χ4n) is 4.18. The van der Waals surface area contributed by atoms with E-state index < -0.39 is 0 Å². The lowest BCUT2D eigenvalue weighted by Crippen LogP contribution is -2.33. The lowest BCUT2D eigenvalue weighted by molar-refractivity contribution is 0.199. The zero-order valence-electron chi connectivity index (χ0n) is 17.1. The van der Waals surface area contributed by atoms with Crippen molar-refractivity contribution in [3.63, 3.8) is 0 Å². The van der Waals surface area contributed by atoms with E-state index in [1.54, 1.807) is 13.2 Å². The van der Waals surface area contributed by atoms with E-state index in [1.807, 2.05) is 12.4 Å². The lowest BCUT2D eigenvalue weighted by Gasteiger charge is -2.31. The van der Waals surface area contributed by atoms with E-state index in [0.29, 0.717) is 12.5 Å². The Morgan fingerprint density at radius 1 is 1.14 bits per heavy atom. The van der Waals surface area contributed by atoms with Crippen LogP contribution in [0.3, 0.4) is 0 Å². The number of nitrogens with zero attached hydrogens (tertiary/aromatic N) is 5. The number of ether oxygens (including phenoxy) is 1. The van der Waals surface area contributed by atoms with Gasteiger partial charge in [-0.05, 0) is 38.8 Å². The molecule has 4 rings (SSSR count). The van der Waals surface area contributed by atoms with Gasteiger partial charge in [0.15, 0.2) is 0 Å². The summed E-state index contributed by atoms with van der Waals surface area (Å²) in [6.45, 7) is 5.45. The molecule has 2 aliphatic rings. The number of piperidine rings is 1. The maximum Gasteiger partial charge on any atom is 0.252 e. The van der Waals surface area contributed by atoms with Gasteiger partial charge in [-0.1, -0.05) is 0 Å². The van der Waals surface area contributed by atoms with Crippen LogP contribution in [0.2, 0.25) is 0 Å². The molecule has 0 aliphatic carbocycles. The van der Waals surface area contributed by atoms with Gasteiger partial charge in [0.25, 0.3) is 5.56 Å². The molecule has 2 aromatic rings. The first-order valence-corrected chi connectivity index (χ1v) is 10.6. The number of hydrogen-bond acceptors (Lipinski definition) is 7.